The normalized spacial score (nSPS) is 15.1. The van der Waals surface area contributed by atoms with E-state index in [0.29, 0.717) is 35.5 Å². The minimum Gasteiger partial charge on any atom is -0.423 e. The van der Waals surface area contributed by atoms with Crippen molar-refractivity contribution in [2.75, 3.05) is 0 Å². The van der Waals surface area contributed by atoms with E-state index >= 15 is 0 Å². The van der Waals surface area contributed by atoms with Crippen molar-refractivity contribution in [3.63, 3.8) is 0 Å². The number of ether oxygens (including phenoxy) is 2. The van der Waals surface area contributed by atoms with Gasteiger partial charge < -0.3 is 9.47 Å². The molecule has 1 aliphatic rings. The molecule has 4 aromatic rings. The second kappa shape index (κ2) is 12.4. The maximum absolute atomic E-state index is 13.2. The summed E-state index contributed by atoms with van der Waals surface area (Å²) >= 11 is 0. The number of esters is 2. The SMILES string of the molecule is Cc1ccc(C(=O)Oc2ccc(/C=C3\CCC/C(=C\c4ccc(OC(=O)c5ccc(C)cc5)cc4)C3=O)cc2)cc1. The zero-order valence-electron chi connectivity index (χ0n) is 23.1. The van der Waals surface area contributed by atoms with Gasteiger partial charge in [0, 0.05) is 11.1 Å². The number of rotatable bonds is 6. The van der Waals surface area contributed by atoms with Crippen LogP contribution in [-0.4, -0.2) is 17.7 Å². The lowest BCUT2D eigenvalue weighted by Gasteiger charge is -2.16. The van der Waals surface area contributed by atoms with Crippen LogP contribution in [0.3, 0.4) is 0 Å². The van der Waals surface area contributed by atoms with Crippen LogP contribution in [0.5, 0.6) is 11.5 Å². The van der Waals surface area contributed by atoms with Crippen molar-refractivity contribution in [2.45, 2.75) is 33.1 Å². The maximum atomic E-state index is 13.2. The summed E-state index contributed by atoms with van der Waals surface area (Å²) in [5, 5.41) is 0. The molecule has 4 aromatic carbocycles. The molecule has 0 atom stereocenters. The van der Waals surface area contributed by atoms with E-state index in [4.69, 9.17) is 9.47 Å². The van der Waals surface area contributed by atoms with Gasteiger partial charge in [0.05, 0.1) is 11.1 Å². The summed E-state index contributed by atoms with van der Waals surface area (Å²) in [4.78, 5) is 38.0. The highest BCUT2D eigenvalue weighted by atomic mass is 16.5. The summed E-state index contributed by atoms with van der Waals surface area (Å²) in [5.74, 6) is 0.0974. The van der Waals surface area contributed by atoms with E-state index in [2.05, 4.69) is 0 Å². The predicted octanol–water partition coefficient (Wildman–Crippen LogP) is 7.96. The summed E-state index contributed by atoms with van der Waals surface area (Å²) in [7, 11) is 0. The Labute approximate surface area is 239 Å². The third-order valence-electron chi connectivity index (χ3n) is 6.91. The van der Waals surface area contributed by atoms with Gasteiger partial charge in [0.1, 0.15) is 11.5 Å². The van der Waals surface area contributed by atoms with Gasteiger partial charge in [-0.3, -0.25) is 4.79 Å². The molecule has 5 heteroatoms. The van der Waals surface area contributed by atoms with Gasteiger partial charge in [0.15, 0.2) is 5.78 Å². The minimum absolute atomic E-state index is 0.0287. The summed E-state index contributed by atoms with van der Waals surface area (Å²) in [6.07, 6.45) is 6.08. The third-order valence-corrected chi connectivity index (χ3v) is 6.91. The molecule has 0 saturated heterocycles. The highest BCUT2D eigenvalue weighted by molar-refractivity contribution is 6.14. The second-order valence-corrected chi connectivity index (χ2v) is 10.2. The van der Waals surface area contributed by atoms with Crippen molar-refractivity contribution in [1.82, 2.24) is 0 Å². The van der Waals surface area contributed by atoms with Crippen LogP contribution in [0.4, 0.5) is 0 Å². The quantitative estimate of drug-likeness (QED) is 0.140. The zero-order valence-corrected chi connectivity index (χ0v) is 23.1. The number of aryl methyl sites for hydroxylation is 2. The van der Waals surface area contributed by atoms with Gasteiger partial charge in [-0.25, -0.2) is 9.59 Å². The number of hydrogen-bond acceptors (Lipinski definition) is 5. The molecular weight excluding hydrogens is 512 g/mol. The first-order valence-corrected chi connectivity index (χ1v) is 13.6. The molecule has 0 N–H and O–H groups in total. The van der Waals surface area contributed by atoms with Gasteiger partial charge in [-0.2, -0.15) is 0 Å². The van der Waals surface area contributed by atoms with Crippen LogP contribution >= 0.6 is 0 Å². The fraction of sp³-hybridized carbons (Fsp3) is 0.139. The summed E-state index contributed by atoms with van der Waals surface area (Å²) in [5.41, 5.74) is 6.35. The zero-order chi connectivity index (χ0) is 28.8. The third kappa shape index (κ3) is 7.14. The Morgan fingerprint density at radius 3 is 1.29 bits per heavy atom. The van der Waals surface area contributed by atoms with Crippen LogP contribution in [0, 0.1) is 13.8 Å². The Balaban J connectivity index is 1.22. The molecule has 1 aliphatic carbocycles. The average molecular weight is 543 g/mol. The smallest absolute Gasteiger partial charge is 0.343 e. The fourth-order valence-electron chi connectivity index (χ4n) is 4.56. The molecule has 41 heavy (non-hydrogen) atoms. The van der Waals surface area contributed by atoms with E-state index in [1.165, 1.54) is 0 Å². The van der Waals surface area contributed by atoms with E-state index in [9.17, 15) is 14.4 Å². The number of Topliss-reactive ketones (excluding diaryl/α,β-unsaturated/α-hetero) is 1. The van der Waals surface area contributed by atoms with Gasteiger partial charge in [-0.15, -0.1) is 0 Å². The molecule has 204 valence electrons. The monoisotopic (exact) mass is 542 g/mol. The lowest BCUT2D eigenvalue weighted by Crippen LogP contribution is -2.12. The van der Waals surface area contributed by atoms with Crippen molar-refractivity contribution in [2.24, 2.45) is 0 Å². The van der Waals surface area contributed by atoms with Crippen LogP contribution in [0.25, 0.3) is 12.2 Å². The number of carbonyl (C=O) groups is 3. The highest BCUT2D eigenvalue weighted by Crippen LogP contribution is 2.29. The molecule has 0 spiro atoms. The summed E-state index contributed by atoms with van der Waals surface area (Å²) in [6.45, 7) is 3.92. The number of allylic oxidation sites excluding steroid dienone is 2. The molecule has 0 heterocycles. The molecule has 1 fully saturated rings. The average Bonchev–Trinajstić information content (AvgIpc) is 2.98. The highest BCUT2D eigenvalue weighted by Gasteiger charge is 2.20. The molecule has 0 radical (unpaired) electrons. The van der Waals surface area contributed by atoms with Crippen molar-refractivity contribution < 1.29 is 23.9 Å². The Bertz CT molecular complexity index is 1500. The van der Waals surface area contributed by atoms with Gasteiger partial charge in [-0.1, -0.05) is 59.7 Å². The molecule has 0 bridgehead atoms. The molecule has 0 amide bonds. The van der Waals surface area contributed by atoms with E-state index in [1.54, 1.807) is 48.5 Å². The van der Waals surface area contributed by atoms with Gasteiger partial charge >= 0.3 is 11.9 Å². The van der Waals surface area contributed by atoms with Crippen molar-refractivity contribution >= 4 is 29.9 Å². The summed E-state index contributed by atoms with van der Waals surface area (Å²) < 4.78 is 11.0. The molecule has 1 saturated carbocycles. The van der Waals surface area contributed by atoms with Crippen molar-refractivity contribution in [3.8, 4) is 11.5 Å². The first-order chi connectivity index (χ1) is 19.8. The first kappa shape index (κ1) is 27.5. The first-order valence-electron chi connectivity index (χ1n) is 13.6. The van der Waals surface area contributed by atoms with E-state index in [0.717, 1.165) is 39.8 Å². The van der Waals surface area contributed by atoms with Gasteiger partial charge in [-0.05, 0) is 105 Å². The lowest BCUT2D eigenvalue weighted by molar-refractivity contribution is -0.112. The Kier molecular flexibility index (Phi) is 8.35. The molecule has 0 aliphatic heterocycles. The number of ketones is 1. The summed E-state index contributed by atoms with van der Waals surface area (Å²) in [6, 6.07) is 28.7. The number of benzene rings is 4. The van der Waals surface area contributed by atoms with E-state index in [1.807, 2.05) is 74.5 Å². The fourth-order valence-corrected chi connectivity index (χ4v) is 4.56. The van der Waals surface area contributed by atoms with E-state index < -0.39 is 11.9 Å². The molecule has 0 unspecified atom stereocenters. The van der Waals surface area contributed by atoms with Crippen molar-refractivity contribution in [3.05, 3.63) is 142 Å². The Morgan fingerprint density at radius 1 is 0.561 bits per heavy atom. The van der Waals surface area contributed by atoms with Gasteiger partial charge in [0.2, 0.25) is 0 Å². The van der Waals surface area contributed by atoms with Crippen molar-refractivity contribution in [1.29, 1.82) is 0 Å². The largest absolute Gasteiger partial charge is 0.423 e. The molecule has 5 rings (SSSR count). The standard InChI is InChI=1S/C36H30O5/c1-24-6-14-28(15-7-24)35(38)40-32-18-10-26(11-19-32)22-30-4-3-5-31(34(30)37)23-27-12-20-33(21-13-27)41-36(39)29-16-8-25(2)9-17-29/h6-23H,3-5H2,1-2H3/b30-22+,31-23+. The van der Waals surface area contributed by atoms with Crippen LogP contribution < -0.4 is 9.47 Å². The second-order valence-electron chi connectivity index (χ2n) is 10.2. The molecular formula is C36H30O5. The molecule has 5 nitrogen and oxygen atoms in total. The van der Waals surface area contributed by atoms with E-state index in [-0.39, 0.29) is 5.78 Å². The van der Waals surface area contributed by atoms with Gasteiger partial charge in [0.25, 0.3) is 0 Å². The van der Waals surface area contributed by atoms with Crippen LogP contribution in [0.1, 0.15) is 62.2 Å². The Hall–Kier alpha value is -5.03. The predicted molar refractivity (Wildman–Crippen MR) is 160 cm³/mol. The van der Waals surface area contributed by atoms with Crippen LogP contribution in [0.15, 0.2) is 108 Å². The van der Waals surface area contributed by atoms with Crippen LogP contribution in [-0.2, 0) is 4.79 Å². The minimum atomic E-state index is -0.411. The van der Waals surface area contributed by atoms with Crippen LogP contribution in [0.2, 0.25) is 0 Å². The Morgan fingerprint density at radius 2 is 0.927 bits per heavy atom. The number of carbonyl (C=O) groups excluding carboxylic acids is 3. The lowest BCUT2D eigenvalue weighted by atomic mass is 9.87. The topological polar surface area (TPSA) is 69.7 Å². The molecule has 0 aromatic heterocycles. The number of hydrogen-bond donors (Lipinski definition) is 0. The maximum Gasteiger partial charge on any atom is 0.343 e.